The van der Waals surface area contributed by atoms with Gasteiger partial charge in [-0.2, -0.15) is 0 Å². The van der Waals surface area contributed by atoms with Gasteiger partial charge in [-0.1, -0.05) is 65.2 Å². The van der Waals surface area contributed by atoms with E-state index in [1.165, 1.54) is 37.0 Å². The van der Waals surface area contributed by atoms with Crippen molar-refractivity contribution in [1.29, 1.82) is 0 Å². The van der Waals surface area contributed by atoms with Gasteiger partial charge in [0.05, 0.1) is 42.8 Å². The van der Waals surface area contributed by atoms with Gasteiger partial charge in [0.2, 0.25) is 17.7 Å². The number of aromatic nitrogens is 1. The molecule has 44 heavy (non-hydrogen) atoms. The highest BCUT2D eigenvalue weighted by atomic mass is 32.1. The number of thiazole rings is 1. The lowest BCUT2D eigenvalue weighted by atomic mass is 9.82. The fourth-order valence-electron chi connectivity index (χ4n) is 7.22. The molecule has 0 aromatic carbocycles. The van der Waals surface area contributed by atoms with Gasteiger partial charge in [0.15, 0.2) is 0 Å². The molecule has 248 valence electrons. The summed E-state index contributed by atoms with van der Waals surface area (Å²) in [6, 6.07) is -0.344. The molecule has 3 fully saturated rings. The van der Waals surface area contributed by atoms with E-state index in [4.69, 9.17) is 4.74 Å². The van der Waals surface area contributed by atoms with Gasteiger partial charge in [0.1, 0.15) is 0 Å². The summed E-state index contributed by atoms with van der Waals surface area (Å²) in [7, 11) is 0. The zero-order valence-electron chi connectivity index (χ0n) is 27.1. The Morgan fingerprint density at radius 1 is 1.05 bits per heavy atom. The van der Waals surface area contributed by atoms with Gasteiger partial charge >= 0.3 is 0 Å². The Balaban J connectivity index is 1.49. The third kappa shape index (κ3) is 11.4. The van der Waals surface area contributed by atoms with Gasteiger partial charge in [-0.05, 0) is 43.4 Å². The maximum Gasteiger partial charge on any atom is 0.242 e. The maximum atomic E-state index is 14.0. The van der Waals surface area contributed by atoms with Crippen LogP contribution < -0.4 is 5.32 Å². The van der Waals surface area contributed by atoms with Gasteiger partial charge < -0.3 is 25.0 Å². The molecule has 2 saturated carbocycles. The Morgan fingerprint density at radius 2 is 1.70 bits per heavy atom. The van der Waals surface area contributed by atoms with E-state index in [-0.39, 0.29) is 36.7 Å². The van der Waals surface area contributed by atoms with Crippen LogP contribution in [-0.4, -0.2) is 89.2 Å². The molecule has 0 unspecified atom stereocenters. The lowest BCUT2D eigenvalue weighted by Crippen LogP contribution is -2.50. The first-order chi connectivity index (χ1) is 21.3. The Labute approximate surface area is 268 Å². The highest BCUT2D eigenvalue weighted by Gasteiger charge is 2.33. The normalized spacial score (nSPS) is 20.7. The monoisotopic (exact) mass is 632 g/mol. The number of amides is 3. The van der Waals surface area contributed by atoms with E-state index in [1.807, 2.05) is 5.38 Å². The predicted molar refractivity (Wildman–Crippen MR) is 173 cm³/mol. The smallest absolute Gasteiger partial charge is 0.242 e. The van der Waals surface area contributed by atoms with Crippen LogP contribution in [0.3, 0.4) is 0 Å². The quantitative estimate of drug-likeness (QED) is 0.287. The molecule has 9 nitrogen and oxygen atoms in total. The second-order valence-corrected chi connectivity index (χ2v) is 14.8. The molecule has 2 aliphatic carbocycles. The number of hydrogen-bond acceptors (Lipinski definition) is 7. The van der Waals surface area contributed by atoms with Crippen LogP contribution in [0.1, 0.15) is 102 Å². The molecule has 0 bridgehead atoms. The van der Waals surface area contributed by atoms with Crippen molar-refractivity contribution in [1.82, 2.24) is 20.1 Å². The first kappa shape index (κ1) is 34.8. The predicted octanol–water partition coefficient (Wildman–Crippen LogP) is 4.82. The van der Waals surface area contributed by atoms with Crippen LogP contribution in [0, 0.1) is 23.7 Å². The molecule has 3 aliphatic rings. The van der Waals surface area contributed by atoms with Crippen molar-refractivity contribution >= 4 is 29.1 Å². The highest BCUT2D eigenvalue weighted by Crippen LogP contribution is 2.30. The highest BCUT2D eigenvalue weighted by molar-refractivity contribution is 7.09. The van der Waals surface area contributed by atoms with Crippen LogP contribution in [0.25, 0.3) is 0 Å². The summed E-state index contributed by atoms with van der Waals surface area (Å²) in [4.78, 5) is 49.3. The van der Waals surface area contributed by atoms with Crippen LogP contribution in [0.15, 0.2) is 11.6 Å². The summed E-state index contributed by atoms with van der Waals surface area (Å²) in [5, 5.41) is 17.2. The van der Waals surface area contributed by atoms with Gasteiger partial charge in [0.25, 0.3) is 0 Å². The van der Waals surface area contributed by atoms with Crippen molar-refractivity contribution in [2.75, 3.05) is 39.4 Å². The lowest BCUT2D eigenvalue weighted by Gasteiger charge is -2.34. The van der Waals surface area contributed by atoms with Crippen molar-refractivity contribution in [3.63, 3.8) is 0 Å². The molecule has 2 heterocycles. The molecule has 10 heteroatoms. The summed E-state index contributed by atoms with van der Waals surface area (Å²) < 4.78 is 5.43. The number of ether oxygens (including phenoxy) is 1. The van der Waals surface area contributed by atoms with E-state index in [2.05, 4.69) is 24.1 Å². The topological polar surface area (TPSA) is 112 Å². The van der Waals surface area contributed by atoms with Gasteiger partial charge in [-0.15, -0.1) is 11.3 Å². The zero-order chi connectivity index (χ0) is 31.3. The van der Waals surface area contributed by atoms with E-state index in [1.54, 1.807) is 16.0 Å². The summed E-state index contributed by atoms with van der Waals surface area (Å²) in [5.74, 6) is 0.147. The summed E-state index contributed by atoms with van der Waals surface area (Å²) in [6.45, 7) is 6.89. The summed E-state index contributed by atoms with van der Waals surface area (Å²) in [5.41, 5.74) is 0. The van der Waals surface area contributed by atoms with Crippen molar-refractivity contribution in [3.8, 4) is 0 Å². The van der Waals surface area contributed by atoms with Gasteiger partial charge in [-0.3, -0.25) is 14.4 Å². The van der Waals surface area contributed by atoms with E-state index < -0.39 is 12.0 Å². The Morgan fingerprint density at radius 3 is 2.32 bits per heavy atom. The minimum atomic E-state index is -0.633. The maximum absolute atomic E-state index is 14.0. The van der Waals surface area contributed by atoms with Crippen LogP contribution in [-0.2, 0) is 25.5 Å². The van der Waals surface area contributed by atoms with Crippen LogP contribution >= 0.6 is 11.3 Å². The molecule has 3 atom stereocenters. The molecule has 4 rings (SSSR count). The Kier molecular flexibility index (Phi) is 14.4. The number of aliphatic hydroxyl groups excluding tert-OH is 1. The van der Waals surface area contributed by atoms with E-state index >= 15 is 0 Å². The second kappa shape index (κ2) is 18.2. The standard InChI is InChI=1S/C34H56N4O5S/c1-25(2)19-30(39)29(20-26-9-5-3-6-10-26)36-34(42)28(21-31-35-13-18-44-31)22-32(40)38(23-27-11-7-4-8-12-27)24-33(41)37-14-16-43-17-15-37/h13,18,25-30,39H,3-12,14-17,19-24H2,1-2H3,(H,36,42)/t28-,29+,30+/m1/s1. The lowest BCUT2D eigenvalue weighted by molar-refractivity contribution is -0.144. The zero-order valence-corrected chi connectivity index (χ0v) is 27.9. The van der Waals surface area contributed by atoms with Gasteiger partial charge in [0, 0.05) is 44.1 Å². The second-order valence-electron chi connectivity index (χ2n) is 13.9. The van der Waals surface area contributed by atoms with Crippen LogP contribution in [0.5, 0.6) is 0 Å². The molecule has 0 radical (unpaired) electrons. The number of nitrogens with zero attached hydrogens (tertiary/aromatic N) is 3. The summed E-state index contributed by atoms with van der Waals surface area (Å²) in [6.07, 6.45) is 14.4. The van der Waals surface area contributed by atoms with E-state index in [0.717, 1.165) is 50.0 Å². The number of carbonyl (C=O) groups excluding carboxylic acids is 3. The SMILES string of the molecule is CC(C)C[C@H](O)[C@H](CC1CCCCC1)NC(=O)[C@@H](CC(=O)N(CC(=O)N1CCOCC1)CC1CCCCC1)Cc1nccs1. The van der Waals surface area contributed by atoms with Crippen molar-refractivity contribution in [2.24, 2.45) is 23.7 Å². The number of nitrogens with one attached hydrogen (secondary N) is 1. The molecular formula is C34H56N4O5S. The minimum absolute atomic E-state index is 0.0188. The van der Waals surface area contributed by atoms with E-state index in [9.17, 15) is 19.5 Å². The number of carbonyl (C=O) groups is 3. The average molecular weight is 633 g/mol. The molecule has 1 aromatic heterocycles. The molecule has 3 amide bonds. The third-order valence-corrected chi connectivity index (χ3v) is 10.6. The number of aliphatic hydroxyl groups is 1. The van der Waals surface area contributed by atoms with Crippen molar-refractivity contribution < 1.29 is 24.2 Å². The van der Waals surface area contributed by atoms with Crippen molar-refractivity contribution in [2.45, 2.75) is 116 Å². The number of rotatable bonds is 15. The molecular weight excluding hydrogens is 576 g/mol. The fraction of sp³-hybridized carbons (Fsp3) is 0.824. The molecule has 1 aliphatic heterocycles. The Hall–Kier alpha value is -2.04. The van der Waals surface area contributed by atoms with Crippen LogP contribution in [0.4, 0.5) is 0 Å². The number of morpholine rings is 1. The molecule has 1 saturated heterocycles. The molecule has 0 spiro atoms. The minimum Gasteiger partial charge on any atom is -0.391 e. The third-order valence-electron chi connectivity index (χ3n) is 9.76. The van der Waals surface area contributed by atoms with Gasteiger partial charge in [-0.25, -0.2) is 4.98 Å². The fourth-order valence-corrected chi connectivity index (χ4v) is 7.91. The first-order valence-electron chi connectivity index (χ1n) is 17.3. The molecule has 2 N–H and O–H groups in total. The molecule has 1 aromatic rings. The first-order valence-corrected chi connectivity index (χ1v) is 18.2. The largest absolute Gasteiger partial charge is 0.391 e. The van der Waals surface area contributed by atoms with E-state index in [0.29, 0.717) is 63.4 Å². The van der Waals surface area contributed by atoms with Crippen molar-refractivity contribution in [3.05, 3.63) is 16.6 Å². The summed E-state index contributed by atoms with van der Waals surface area (Å²) >= 11 is 1.49. The number of hydrogen-bond donors (Lipinski definition) is 2. The Bertz CT molecular complexity index is 1000. The average Bonchev–Trinajstić information content (AvgIpc) is 3.54. The van der Waals surface area contributed by atoms with Crippen LogP contribution in [0.2, 0.25) is 0 Å².